The fourth-order valence-corrected chi connectivity index (χ4v) is 2.41. The lowest BCUT2D eigenvalue weighted by Crippen LogP contribution is -2.36. The van der Waals surface area contributed by atoms with Gasteiger partial charge in [-0.3, -0.25) is 4.79 Å². The zero-order valence-corrected chi connectivity index (χ0v) is 15.5. The fraction of sp³-hybridized carbons (Fsp3) is 0.421. The van der Waals surface area contributed by atoms with Crippen LogP contribution in [0.1, 0.15) is 13.8 Å². The Bertz CT molecular complexity index is 680. The van der Waals surface area contributed by atoms with Crippen LogP contribution in [0.4, 0.5) is 11.4 Å². The molecule has 146 valence electrons. The highest BCUT2D eigenvalue weighted by Gasteiger charge is 2.17. The van der Waals surface area contributed by atoms with Crippen LogP contribution in [0.25, 0.3) is 0 Å². The van der Waals surface area contributed by atoms with Crippen molar-refractivity contribution in [2.45, 2.75) is 20.0 Å². The van der Waals surface area contributed by atoms with E-state index in [1.54, 1.807) is 19.1 Å². The van der Waals surface area contributed by atoms with E-state index < -0.39 is 23.9 Å². The van der Waals surface area contributed by atoms with Crippen molar-refractivity contribution in [1.82, 2.24) is 0 Å². The number of nitrogens with one attached hydrogen (secondary N) is 1. The topological polar surface area (TPSA) is 94.2 Å². The SMILES string of the molecule is CCOC(=O)C=CC(=O)OC(C)C(=O)Nc1ccc(N2CCOCC2)cc1. The van der Waals surface area contributed by atoms with Crippen LogP contribution >= 0.6 is 0 Å². The molecule has 1 fully saturated rings. The van der Waals surface area contributed by atoms with E-state index in [-0.39, 0.29) is 6.61 Å². The Morgan fingerprint density at radius 3 is 2.41 bits per heavy atom. The van der Waals surface area contributed by atoms with Gasteiger partial charge in [0.2, 0.25) is 0 Å². The molecule has 0 saturated carbocycles. The molecule has 1 aromatic carbocycles. The van der Waals surface area contributed by atoms with Gasteiger partial charge in [0.05, 0.1) is 19.8 Å². The molecule has 1 saturated heterocycles. The molecule has 0 radical (unpaired) electrons. The third kappa shape index (κ3) is 6.74. The number of anilines is 2. The number of benzene rings is 1. The molecule has 0 aliphatic carbocycles. The van der Waals surface area contributed by atoms with Gasteiger partial charge in [0.15, 0.2) is 6.10 Å². The third-order valence-corrected chi connectivity index (χ3v) is 3.82. The first kappa shape index (κ1) is 20.4. The van der Waals surface area contributed by atoms with Crippen molar-refractivity contribution in [3.05, 3.63) is 36.4 Å². The van der Waals surface area contributed by atoms with Gasteiger partial charge >= 0.3 is 11.9 Å². The number of carbonyl (C=O) groups excluding carboxylic acids is 3. The normalized spacial score (nSPS) is 15.3. The number of amides is 1. The first-order valence-electron chi connectivity index (χ1n) is 8.78. The quantitative estimate of drug-likeness (QED) is 0.569. The lowest BCUT2D eigenvalue weighted by molar-refractivity contribution is -0.148. The second-order valence-corrected chi connectivity index (χ2v) is 5.80. The first-order chi connectivity index (χ1) is 13.0. The number of nitrogens with zero attached hydrogens (tertiary/aromatic N) is 1. The molecule has 0 spiro atoms. The molecule has 1 atom stereocenters. The van der Waals surface area contributed by atoms with E-state index in [0.29, 0.717) is 18.9 Å². The Labute approximate surface area is 158 Å². The minimum Gasteiger partial charge on any atom is -0.463 e. The van der Waals surface area contributed by atoms with Gasteiger partial charge in [0, 0.05) is 36.6 Å². The fourth-order valence-electron chi connectivity index (χ4n) is 2.41. The highest BCUT2D eigenvalue weighted by atomic mass is 16.5. The zero-order chi connectivity index (χ0) is 19.6. The predicted octanol–water partition coefficient (Wildman–Crippen LogP) is 1.51. The van der Waals surface area contributed by atoms with Crippen LogP contribution < -0.4 is 10.2 Å². The van der Waals surface area contributed by atoms with Gasteiger partial charge in [0.25, 0.3) is 5.91 Å². The maximum atomic E-state index is 12.1. The summed E-state index contributed by atoms with van der Waals surface area (Å²) in [6.07, 6.45) is 0.878. The van der Waals surface area contributed by atoms with Crippen LogP contribution in [0.3, 0.4) is 0 Å². The molecular weight excluding hydrogens is 352 g/mol. The van der Waals surface area contributed by atoms with E-state index in [4.69, 9.17) is 9.47 Å². The van der Waals surface area contributed by atoms with Crippen molar-refractivity contribution in [1.29, 1.82) is 0 Å². The predicted molar refractivity (Wildman–Crippen MR) is 99.4 cm³/mol. The molecule has 1 heterocycles. The maximum absolute atomic E-state index is 12.1. The van der Waals surface area contributed by atoms with E-state index in [1.165, 1.54) is 6.92 Å². The average Bonchev–Trinajstić information content (AvgIpc) is 2.68. The van der Waals surface area contributed by atoms with Crippen molar-refractivity contribution >= 4 is 29.2 Å². The lowest BCUT2D eigenvalue weighted by atomic mass is 10.2. The number of rotatable bonds is 7. The molecule has 1 aromatic rings. The van der Waals surface area contributed by atoms with E-state index in [1.807, 2.05) is 12.1 Å². The molecule has 27 heavy (non-hydrogen) atoms. The summed E-state index contributed by atoms with van der Waals surface area (Å²) in [4.78, 5) is 37.1. The number of hydrogen-bond donors (Lipinski definition) is 1. The molecule has 1 unspecified atom stereocenters. The molecule has 8 nitrogen and oxygen atoms in total. The molecule has 1 N–H and O–H groups in total. The Morgan fingerprint density at radius 1 is 1.15 bits per heavy atom. The van der Waals surface area contributed by atoms with Crippen molar-refractivity contribution < 1.29 is 28.6 Å². The van der Waals surface area contributed by atoms with Crippen LogP contribution in [0.5, 0.6) is 0 Å². The monoisotopic (exact) mass is 376 g/mol. The minimum atomic E-state index is -1.01. The summed E-state index contributed by atoms with van der Waals surface area (Å²) in [5.74, 6) is -1.91. The van der Waals surface area contributed by atoms with E-state index in [2.05, 4.69) is 15.0 Å². The first-order valence-corrected chi connectivity index (χ1v) is 8.78. The van der Waals surface area contributed by atoms with Crippen molar-refractivity contribution in [2.24, 2.45) is 0 Å². The zero-order valence-electron chi connectivity index (χ0n) is 15.5. The summed E-state index contributed by atoms with van der Waals surface area (Å²) in [5, 5.41) is 2.69. The Hall–Kier alpha value is -2.87. The second-order valence-electron chi connectivity index (χ2n) is 5.80. The summed E-state index contributed by atoms with van der Waals surface area (Å²) in [7, 11) is 0. The van der Waals surface area contributed by atoms with Gasteiger partial charge < -0.3 is 24.4 Å². The standard InChI is InChI=1S/C19H24N2O6/c1-3-26-17(22)8-9-18(23)27-14(2)19(24)20-15-4-6-16(7-5-15)21-10-12-25-13-11-21/h4-9,14H,3,10-13H2,1-2H3,(H,20,24). The number of carbonyl (C=O) groups is 3. The summed E-state index contributed by atoms with van der Waals surface area (Å²) in [6, 6.07) is 7.41. The van der Waals surface area contributed by atoms with Crippen LogP contribution in [0.2, 0.25) is 0 Å². The summed E-state index contributed by atoms with van der Waals surface area (Å²) in [5.41, 5.74) is 1.65. The largest absolute Gasteiger partial charge is 0.463 e. The van der Waals surface area contributed by atoms with E-state index in [0.717, 1.165) is 30.9 Å². The molecule has 1 aliphatic rings. The average molecular weight is 376 g/mol. The van der Waals surface area contributed by atoms with Gasteiger partial charge in [-0.25, -0.2) is 9.59 Å². The van der Waals surface area contributed by atoms with Gasteiger partial charge in [-0.2, -0.15) is 0 Å². The highest BCUT2D eigenvalue weighted by molar-refractivity contribution is 5.97. The molecular formula is C19H24N2O6. The molecule has 1 amide bonds. The van der Waals surface area contributed by atoms with Crippen LogP contribution in [-0.4, -0.2) is 56.9 Å². The smallest absolute Gasteiger partial charge is 0.331 e. The van der Waals surface area contributed by atoms with Gasteiger partial charge in [0.1, 0.15) is 0 Å². The molecule has 0 aromatic heterocycles. The van der Waals surface area contributed by atoms with Crippen LogP contribution in [0, 0.1) is 0 Å². The van der Waals surface area contributed by atoms with E-state index in [9.17, 15) is 14.4 Å². The highest BCUT2D eigenvalue weighted by Crippen LogP contribution is 2.19. The second kappa shape index (κ2) is 10.3. The van der Waals surface area contributed by atoms with Crippen molar-refractivity contribution in [2.75, 3.05) is 43.1 Å². The Balaban J connectivity index is 1.83. The Kier molecular flexibility index (Phi) is 7.81. The summed E-state index contributed by atoms with van der Waals surface area (Å²) < 4.78 is 14.9. The minimum absolute atomic E-state index is 0.210. The third-order valence-electron chi connectivity index (χ3n) is 3.82. The number of esters is 2. The maximum Gasteiger partial charge on any atom is 0.331 e. The number of morpholine rings is 1. The van der Waals surface area contributed by atoms with Crippen LogP contribution in [-0.2, 0) is 28.6 Å². The van der Waals surface area contributed by atoms with Crippen molar-refractivity contribution in [3.63, 3.8) is 0 Å². The summed E-state index contributed by atoms with van der Waals surface area (Å²) >= 11 is 0. The van der Waals surface area contributed by atoms with Gasteiger partial charge in [-0.1, -0.05) is 0 Å². The Morgan fingerprint density at radius 2 is 1.78 bits per heavy atom. The number of ether oxygens (including phenoxy) is 3. The van der Waals surface area contributed by atoms with E-state index >= 15 is 0 Å². The van der Waals surface area contributed by atoms with Crippen LogP contribution in [0.15, 0.2) is 36.4 Å². The molecule has 0 bridgehead atoms. The summed E-state index contributed by atoms with van der Waals surface area (Å²) in [6.45, 7) is 6.38. The van der Waals surface area contributed by atoms with Crippen molar-refractivity contribution in [3.8, 4) is 0 Å². The lowest BCUT2D eigenvalue weighted by Gasteiger charge is -2.28. The van der Waals surface area contributed by atoms with Gasteiger partial charge in [-0.05, 0) is 38.1 Å². The molecule has 8 heteroatoms. The molecule has 1 aliphatic heterocycles. The number of hydrogen-bond acceptors (Lipinski definition) is 7. The van der Waals surface area contributed by atoms with Gasteiger partial charge in [-0.15, -0.1) is 0 Å². The molecule has 2 rings (SSSR count).